The predicted molar refractivity (Wildman–Crippen MR) is 105 cm³/mol. The molecule has 2 aromatic carbocycles. The van der Waals surface area contributed by atoms with Crippen LogP contribution in [0.1, 0.15) is 10.4 Å². The Hall–Kier alpha value is -2.63. The van der Waals surface area contributed by atoms with E-state index in [1.807, 2.05) is 72.1 Å². The molecule has 0 aliphatic rings. The van der Waals surface area contributed by atoms with E-state index in [0.29, 0.717) is 13.2 Å². The largest absolute Gasteiger partial charge is 0.497 e. The number of ether oxygens (including phenoxy) is 2. The second-order valence-corrected chi connectivity index (χ2v) is 6.77. The van der Waals surface area contributed by atoms with Gasteiger partial charge in [-0.2, -0.15) is 0 Å². The molecule has 1 amide bonds. The van der Waals surface area contributed by atoms with Gasteiger partial charge in [0.1, 0.15) is 12.4 Å². The highest BCUT2D eigenvalue weighted by Crippen LogP contribution is 2.23. The van der Waals surface area contributed by atoms with Gasteiger partial charge in [-0.3, -0.25) is 4.79 Å². The lowest BCUT2D eigenvalue weighted by Gasteiger charge is -2.22. The number of methoxy groups -OCH3 is 1. The zero-order valence-corrected chi connectivity index (χ0v) is 15.4. The summed E-state index contributed by atoms with van der Waals surface area (Å²) in [4.78, 5) is 15.7. The van der Waals surface area contributed by atoms with E-state index < -0.39 is 0 Å². The number of anilines is 1. The zero-order valence-electron chi connectivity index (χ0n) is 14.6. The van der Waals surface area contributed by atoms with Crippen LogP contribution in [0.25, 0.3) is 0 Å². The molecule has 0 saturated heterocycles. The van der Waals surface area contributed by atoms with E-state index in [-0.39, 0.29) is 12.5 Å². The number of hydrogen-bond donors (Lipinski definition) is 0. The number of rotatable bonds is 8. The first-order chi connectivity index (χ1) is 12.8. The lowest BCUT2D eigenvalue weighted by atomic mass is 10.2. The summed E-state index contributed by atoms with van der Waals surface area (Å²) in [6, 6.07) is 21.4. The molecule has 0 atom stereocenters. The molecule has 0 spiro atoms. The molecule has 0 unspecified atom stereocenters. The summed E-state index contributed by atoms with van der Waals surface area (Å²) < 4.78 is 10.8. The molecular formula is C21H21NO3S. The summed E-state index contributed by atoms with van der Waals surface area (Å²) in [5.74, 6) is 0.692. The number of benzene rings is 2. The predicted octanol–water partition coefficient (Wildman–Crippen LogP) is 4.51. The second kappa shape index (κ2) is 9.17. The molecule has 0 aliphatic heterocycles. The number of carbonyl (C=O) groups is 1. The van der Waals surface area contributed by atoms with E-state index >= 15 is 0 Å². The standard InChI is InChI=1S/C21H21NO3S/c1-24-19-11-9-18(10-12-19)22(14-20-8-5-13-26-20)21(23)16-25-15-17-6-3-2-4-7-17/h2-13H,14-16H2,1H3. The van der Waals surface area contributed by atoms with E-state index in [1.54, 1.807) is 23.3 Å². The lowest BCUT2D eigenvalue weighted by molar-refractivity contribution is -0.123. The fraction of sp³-hybridized carbons (Fsp3) is 0.190. The van der Waals surface area contributed by atoms with Crippen molar-refractivity contribution in [3.8, 4) is 5.75 Å². The molecule has 134 valence electrons. The van der Waals surface area contributed by atoms with Crippen molar-refractivity contribution in [3.63, 3.8) is 0 Å². The van der Waals surface area contributed by atoms with Crippen LogP contribution >= 0.6 is 11.3 Å². The SMILES string of the molecule is COc1ccc(N(Cc2cccs2)C(=O)COCc2ccccc2)cc1. The highest BCUT2D eigenvalue weighted by Gasteiger charge is 2.17. The van der Waals surface area contributed by atoms with E-state index in [2.05, 4.69) is 0 Å². The summed E-state index contributed by atoms with van der Waals surface area (Å²) in [5.41, 5.74) is 1.88. The summed E-state index contributed by atoms with van der Waals surface area (Å²) in [5, 5.41) is 2.01. The Morgan fingerprint density at radius 1 is 1.00 bits per heavy atom. The molecule has 0 bridgehead atoms. The Morgan fingerprint density at radius 2 is 1.77 bits per heavy atom. The minimum Gasteiger partial charge on any atom is -0.497 e. The number of nitrogens with zero attached hydrogens (tertiary/aromatic N) is 1. The molecule has 0 fully saturated rings. The molecular weight excluding hydrogens is 346 g/mol. The van der Waals surface area contributed by atoms with Crippen molar-refractivity contribution >= 4 is 22.9 Å². The summed E-state index contributed by atoms with van der Waals surface area (Å²) >= 11 is 1.63. The lowest BCUT2D eigenvalue weighted by Crippen LogP contribution is -2.33. The van der Waals surface area contributed by atoms with Crippen molar-refractivity contribution < 1.29 is 14.3 Å². The van der Waals surface area contributed by atoms with E-state index in [0.717, 1.165) is 21.9 Å². The van der Waals surface area contributed by atoms with E-state index in [9.17, 15) is 4.79 Å². The van der Waals surface area contributed by atoms with Crippen molar-refractivity contribution in [1.82, 2.24) is 0 Å². The molecule has 4 nitrogen and oxygen atoms in total. The van der Waals surface area contributed by atoms with Gasteiger partial charge in [0.15, 0.2) is 0 Å². The van der Waals surface area contributed by atoms with Gasteiger partial charge in [0.2, 0.25) is 0 Å². The maximum absolute atomic E-state index is 12.8. The number of carbonyl (C=O) groups excluding carboxylic acids is 1. The maximum atomic E-state index is 12.8. The average Bonchev–Trinajstić information content (AvgIpc) is 3.20. The van der Waals surface area contributed by atoms with Crippen LogP contribution in [0, 0.1) is 0 Å². The van der Waals surface area contributed by atoms with Gasteiger partial charge in [0, 0.05) is 10.6 Å². The molecule has 0 N–H and O–H groups in total. The fourth-order valence-electron chi connectivity index (χ4n) is 2.55. The number of thiophene rings is 1. The van der Waals surface area contributed by atoms with Crippen molar-refractivity contribution in [3.05, 3.63) is 82.6 Å². The van der Waals surface area contributed by atoms with Crippen LogP contribution in [0.4, 0.5) is 5.69 Å². The summed E-state index contributed by atoms with van der Waals surface area (Å²) in [7, 11) is 1.63. The summed E-state index contributed by atoms with van der Waals surface area (Å²) in [6.45, 7) is 0.978. The maximum Gasteiger partial charge on any atom is 0.253 e. The zero-order chi connectivity index (χ0) is 18.2. The monoisotopic (exact) mass is 367 g/mol. The van der Waals surface area contributed by atoms with Crippen molar-refractivity contribution in [2.45, 2.75) is 13.2 Å². The van der Waals surface area contributed by atoms with Crippen molar-refractivity contribution in [2.75, 3.05) is 18.6 Å². The molecule has 3 rings (SSSR count). The first-order valence-electron chi connectivity index (χ1n) is 8.35. The van der Waals surface area contributed by atoms with Crippen LogP contribution in [-0.2, 0) is 22.7 Å². The highest BCUT2D eigenvalue weighted by molar-refractivity contribution is 7.09. The average molecular weight is 367 g/mol. The molecule has 0 saturated carbocycles. The topological polar surface area (TPSA) is 38.8 Å². The third-order valence-electron chi connectivity index (χ3n) is 3.92. The van der Waals surface area contributed by atoms with Gasteiger partial charge in [-0.15, -0.1) is 11.3 Å². The molecule has 5 heteroatoms. The Bertz CT molecular complexity index is 801. The van der Waals surface area contributed by atoms with Gasteiger partial charge in [-0.1, -0.05) is 36.4 Å². The molecule has 1 heterocycles. The molecule has 0 aliphatic carbocycles. The van der Waals surface area contributed by atoms with Crippen LogP contribution in [-0.4, -0.2) is 19.6 Å². The van der Waals surface area contributed by atoms with E-state index in [1.165, 1.54) is 0 Å². The van der Waals surface area contributed by atoms with Gasteiger partial charge in [-0.25, -0.2) is 0 Å². The minimum atomic E-state index is -0.0699. The number of hydrogen-bond acceptors (Lipinski definition) is 4. The molecule has 3 aromatic rings. The van der Waals surface area contributed by atoms with Gasteiger partial charge in [-0.05, 0) is 41.3 Å². The van der Waals surface area contributed by atoms with Gasteiger partial charge >= 0.3 is 0 Å². The van der Waals surface area contributed by atoms with E-state index in [4.69, 9.17) is 9.47 Å². The van der Waals surface area contributed by atoms with Crippen molar-refractivity contribution in [2.24, 2.45) is 0 Å². The third kappa shape index (κ3) is 4.94. The highest BCUT2D eigenvalue weighted by atomic mass is 32.1. The quantitative estimate of drug-likeness (QED) is 0.588. The third-order valence-corrected chi connectivity index (χ3v) is 4.78. The normalized spacial score (nSPS) is 10.5. The van der Waals surface area contributed by atoms with Gasteiger partial charge in [0.05, 0.1) is 20.3 Å². The van der Waals surface area contributed by atoms with Gasteiger partial charge < -0.3 is 14.4 Å². The second-order valence-electron chi connectivity index (χ2n) is 5.74. The number of amides is 1. The van der Waals surface area contributed by atoms with Crippen molar-refractivity contribution in [1.29, 1.82) is 0 Å². The Morgan fingerprint density at radius 3 is 2.42 bits per heavy atom. The summed E-state index contributed by atoms with van der Waals surface area (Å²) in [6.07, 6.45) is 0. The Labute approximate surface area is 157 Å². The Balaban J connectivity index is 1.68. The van der Waals surface area contributed by atoms with Crippen LogP contribution < -0.4 is 9.64 Å². The van der Waals surface area contributed by atoms with Crippen LogP contribution in [0.3, 0.4) is 0 Å². The van der Waals surface area contributed by atoms with Gasteiger partial charge in [0.25, 0.3) is 5.91 Å². The fourth-order valence-corrected chi connectivity index (χ4v) is 3.25. The van der Waals surface area contributed by atoms with Crippen LogP contribution in [0.2, 0.25) is 0 Å². The molecule has 1 aromatic heterocycles. The molecule has 0 radical (unpaired) electrons. The first kappa shape index (κ1) is 18.2. The first-order valence-corrected chi connectivity index (χ1v) is 9.22. The van der Waals surface area contributed by atoms with Crippen LogP contribution in [0.15, 0.2) is 72.1 Å². The van der Waals surface area contributed by atoms with Crippen LogP contribution in [0.5, 0.6) is 5.75 Å². The Kier molecular flexibility index (Phi) is 6.41. The smallest absolute Gasteiger partial charge is 0.253 e. The molecule has 26 heavy (non-hydrogen) atoms. The minimum absolute atomic E-state index is 0.0340.